The maximum atomic E-state index is 12.5. The van der Waals surface area contributed by atoms with Crippen molar-refractivity contribution in [2.75, 3.05) is 13.7 Å². The largest absolute Gasteiger partial charge is 0.493 e. The van der Waals surface area contributed by atoms with Crippen LogP contribution in [-0.2, 0) is 6.61 Å². The van der Waals surface area contributed by atoms with E-state index in [0.29, 0.717) is 28.3 Å². The zero-order valence-corrected chi connectivity index (χ0v) is 19.2. The molecule has 8 nitrogen and oxygen atoms in total. The van der Waals surface area contributed by atoms with Gasteiger partial charge in [-0.2, -0.15) is 13.2 Å². The lowest BCUT2D eigenvalue weighted by Gasteiger charge is -2.15. The number of nitrogens with zero attached hydrogens (tertiary/aromatic N) is 2. The van der Waals surface area contributed by atoms with E-state index in [2.05, 4.69) is 4.98 Å². The molecule has 0 saturated carbocycles. The number of rotatable bonds is 10. The first-order chi connectivity index (χ1) is 17.1. The number of methoxy groups -OCH3 is 1. The molecule has 0 spiro atoms. The summed E-state index contributed by atoms with van der Waals surface area (Å²) in [4.78, 5) is 26.9. The third-order valence-electron chi connectivity index (χ3n) is 4.97. The number of hydrogen-bond donors (Lipinski definition) is 0. The summed E-state index contributed by atoms with van der Waals surface area (Å²) < 4.78 is 53.3. The van der Waals surface area contributed by atoms with Gasteiger partial charge in [0.25, 0.3) is 5.69 Å². The van der Waals surface area contributed by atoms with Gasteiger partial charge in [0.05, 0.1) is 17.7 Å². The highest BCUT2D eigenvalue weighted by atomic mass is 19.4. The van der Waals surface area contributed by atoms with Gasteiger partial charge in [0.15, 0.2) is 23.9 Å². The van der Waals surface area contributed by atoms with E-state index in [9.17, 15) is 28.1 Å². The summed E-state index contributed by atoms with van der Waals surface area (Å²) in [7, 11) is 1.43. The number of aromatic nitrogens is 1. The van der Waals surface area contributed by atoms with Crippen molar-refractivity contribution in [2.45, 2.75) is 19.7 Å². The predicted molar refractivity (Wildman–Crippen MR) is 124 cm³/mol. The van der Waals surface area contributed by atoms with Crippen LogP contribution in [0.15, 0.2) is 60.8 Å². The first-order valence-electron chi connectivity index (χ1n) is 10.5. The second-order valence-corrected chi connectivity index (χ2v) is 7.49. The normalized spacial score (nSPS) is 11.4. The number of non-ortho nitro benzene ring substituents is 1. The SMILES string of the molecule is COc1cc(/C=C/C(=O)c2cccc([N+](=O)[O-])c2)ccc1OCc1nccc(OCC(F)(F)F)c1C. The number of nitro groups is 1. The second kappa shape index (κ2) is 11.3. The van der Waals surface area contributed by atoms with Crippen molar-refractivity contribution in [1.29, 1.82) is 0 Å². The number of ether oxygens (including phenoxy) is 3. The molecule has 0 atom stereocenters. The van der Waals surface area contributed by atoms with Gasteiger partial charge in [-0.15, -0.1) is 0 Å². The Kier molecular flexibility index (Phi) is 8.26. The number of nitro benzene ring substituents is 1. The van der Waals surface area contributed by atoms with Crippen LogP contribution in [0.1, 0.15) is 27.2 Å². The van der Waals surface area contributed by atoms with E-state index in [1.807, 2.05) is 0 Å². The molecule has 3 rings (SSSR count). The van der Waals surface area contributed by atoms with E-state index < -0.39 is 23.5 Å². The van der Waals surface area contributed by atoms with E-state index in [0.717, 1.165) is 0 Å². The topological polar surface area (TPSA) is 101 Å². The van der Waals surface area contributed by atoms with Gasteiger partial charge in [0, 0.05) is 29.5 Å². The molecule has 0 fully saturated rings. The molecular formula is C25H21F3N2O6. The van der Waals surface area contributed by atoms with Crippen molar-refractivity contribution in [3.05, 3.63) is 93.3 Å². The summed E-state index contributed by atoms with van der Waals surface area (Å²) in [6.45, 7) is 0.122. The van der Waals surface area contributed by atoms with Crippen molar-refractivity contribution in [3.63, 3.8) is 0 Å². The van der Waals surface area contributed by atoms with Gasteiger partial charge in [-0.05, 0) is 36.8 Å². The molecule has 0 bridgehead atoms. The molecular weight excluding hydrogens is 481 g/mol. The number of alkyl halides is 3. The lowest BCUT2D eigenvalue weighted by atomic mass is 10.1. The quantitative estimate of drug-likeness (QED) is 0.151. The highest BCUT2D eigenvalue weighted by molar-refractivity contribution is 6.07. The molecule has 36 heavy (non-hydrogen) atoms. The smallest absolute Gasteiger partial charge is 0.422 e. The molecule has 0 aliphatic rings. The van der Waals surface area contributed by atoms with Crippen LogP contribution in [0.2, 0.25) is 0 Å². The van der Waals surface area contributed by atoms with Crippen molar-refractivity contribution in [2.24, 2.45) is 0 Å². The number of carbonyl (C=O) groups is 1. The monoisotopic (exact) mass is 502 g/mol. The summed E-state index contributed by atoms with van der Waals surface area (Å²) in [5.41, 5.74) is 1.41. The maximum absolute atomic E-state index is 12.5. The lowest BCUT2D eigenvalue weighted by molar-refractivity contribution is -0.384. The Hall–Kier alpha value is -4.41. The third kappa shape index (κ3) is 7.05. The Bertz CT molecular complexity index is 1290. The average Bonchev–Trinajstić information content (AvgIpc) is 2.85. The summed E-state index contributed by atoms with van der Waals surface area (Å²) >= 11 is 0. The van der Waals surface area contributed by atoms with Crippen LogP contribution in [-0.4, -0.2) is 35.6 Å². The average molecular weight is 502 g/mol. The Labute approximate surface area is 204 Å². The number of pyridine rings is 1. The van der Waals surface area contributed by atoms with Crippen molar-refractivity contribution >= 4 is 17.5 Å². The molecule has 0 unspecified atom stereocenters. The molecule has 0 aliphatic carbocycles. The zero-order valence-electron chi connectivity index (χ0n) is 19.2. The molecule has 0 amide bonds. The molecule has 2 aromatic carbocycles. The Morgan fingerprint density at radius 3 is 2.56 bits per heavy atom. The van der Waals surface area contributed by atoms with Crippen LogP contribution in [0, 0.1) is 17.0 Å². The maximum Gasteiger partial charge on any atom is 0.422 e. The van der Waals surface area contributed by atoms with Gasteiger partial charge in [-0.25, -0.2) is 0 Å². The fraction of sp³-hybridized carbons (Fsp3) is 0.200. The summed E-state index contributed by atoms with van der Waals surface area (Å²) in [6.07, 6.45) is -0.310. The van der Waals surface area contributed by atoms with Crippen LogP contribution in [0.25, 0.3) is 6.08 Å². The Morgan fingerprint density at radius 1 is 1.08 bits per heavy atom. The molecule has 3 aromatic rings. The number of benzene rings is 2. The van der Waals surface area contributed by atoms with Crippen LogP contribution < -0.4 is 14.2 Å². The minimum atomic E-state index is -4.46. The third-order valence-corrected chi connectivity index (χ3v) is 4.97. The fourth-order valence-electron chi connectivity index (χ4n) is 3.11. The first kappa shape index (κ1) is 26.2. The Balaban J connectivity index is 1.70. The van der Waals surface area contributed by atoms with Gasteiger partial charge >= 0.3 is 6.18 Å². The van der Waals surface area contributed by atoms with Gasteiger partial charge in [0.2, 0.25) is 0 Å². The van der Waals surface area contributed by atoms with E-state index in [1.165, 1.54) is 55.8 Å². The minimum Gasteiger partial charge on any atom is -0.493 e. The van der Waals surface area contributed by atoms with Crippen LogP contribution in [0.3, 0.4) is 0 Å². The summed E-state index contributed by atoms with van der Waals surface area (Å²) in [5.74, 6) is 0.346. The van der Waals surface area contributed by atoms with Crippen LogP contribution >= 0.6 is 0 Å². The number of halogens is 3. The van der Waals surface area contributed by atoms with E-state index in [-0.39, 0.29) is 23.6 Å². The number of allylic oxidation sites excluding steroid dienone is 1. The van der Waals surface area contributed by atoms with Crippen LogP contribution in [0.4, 0.5) is 18.9 Å². The predicted octanol–water partition coefficient (Wildman–Crippen LogP) is 5.72. The minimum absolute atomic E-state index is 0.0497. The molecule has 0 N–H and O–H groups in total. The fourth-order valence-corrected chi connectivity index (χ4v) is 3.11. The van der Waals surface area contributed by atoms with Crippen molar-refractivity contribution in [3.8, 4) is 17.2 Å². The molecule has 11 heteroatoms. The second-order valence-electron chi connectivity index (χ2n) is 7.49. The first-order valence-corrected chi connectivity index (χ1v) is 10.5. The van der Waals surface area contributed by atoms with Gasteiger partial charge in [-0.1, -0.05) is 24.3 Å². The molecule has 1 heterocycles. The molecule has 0 radical (unpaired) electrons. The molecule has 0 saturated heterocycles. The Morgan fingerprint density at radius 2 is 1.86 bits per heavy atom. The molecule has 1 aromatic heterocycles. The zero-order chi connectivity index (χ0) is 26.3. The van der Waals surface area contributed by atoms with E-state index in [1.54, 1.807) is 25.1 Å². The summed E-state index contributed by atoms with van der Waals surface area (Å²) in [5, 5.41) is 10.9. The standard InChI is InChI=1S/C25H21F3N2O6/c1-16-20(29-11-10-22(16)36-15-25(26,27)28)14-35-23-9-7-17(12-24(23)34-2)6-8-21(31)18-4-3-5-19(13-18)30(32)33/h3-13H,14-15H2,1-2H3/b8-6+. The van der Waals surface area contributed by atoms with E-state index >= 15 is 0 Å². The number of ketones is 1. The molecule has 188 valence electrons. The highest BCUT2D eigenvalue weighted by Crippen LogP contribution is 2.30. The van der Waals surface area contributed by atoms with Crippen LogP contribution in [0.5, 0.6) is 17.2 Å². The lowest BCUT2D eigenvalue weighted by Crippen LogP contribution is -2.20. The van der Waals surface area contributed by atoms with Gasteiger partial charge < -0.3 is 14.2 Å². The van der Waals surface area contributed by atoms with E-state index in [4.69, 9.17) is 14.2 Å². The number of carbonyl (C=O) groups excluding carboxylic acids is 1. The molecule has 0 aliphatic heterocycles. The highest BCUT2D eigenvalue weighted by Gasteiger charge is 2.28. The van der Waals surface area contributed by atoms with Gasteiger partial charge in [0.1, 0.15) is 12.4 Å². The number of hydrogen-bond acceptors (Lipinski definition) is 7. The summed E-state index contributed by atoms with van der Waals surface area (Å²) in [6, 6.07) is 11.7. The van der Waals surface area contributed by atoms with Crippen molar-refractivity contribution < 1.29 is 37.1 Å². The van der Waals surface area contributed by atoms with Crippen molar-refractivity contribution in [1.82, 2.24) is 4.98 Å². The van der Waals surface area contributed by atoms with Gasteiger partial charge in [-0.3, -0.25) is 19.9 Å².